The number of aliphatic hydroxyl groups is 1. The molecule has 0 amide bonds. The van der Waals surface area contributed by atoms with Crippen molar-refractivity contribution in [2.75, 3.05) is 24.2 Å². The lowest BCUT2D eigenvalue weighted by atomic mass is 10.1. The van der Waals surface area contributed by atoms with Gasteiger partial charge >= 0.3 is 0 Å². The quantitative estimate of drug-likeness (QED) is 0.823. The lowest BCUT2D eigenvalue weighted by Gasteiger charge is -2.17. The summed E-state index contributed by atoms with van der Waals surface area (Å²) < 4.78 is 23.8. The highest BCUT2D eigenvalue weighted by atomic mass is 32.2. The van der Waals surface area contributed by atoms with Crippen LogP contribution in [0.25, 0.3) is 0 Å². The minimum atomic E-state index is -3.22. The minimum Gasteiger partial charge on any atom is -0.396 e. The predicted molar refractivity (Wildman–Crippen MR) is 60.5 cm³/mol. The van der Waals surface area contributed by atoms with Crippen LogP contribution < -0.4 is 4.31 Å². The van der Waals surface area contributed by atoms with Crippen LogP contribution in [0, 0.1) is 0 Å². The maximum absolute atomic E-state index is 11.3. The Morgan fingerprint density at radius 2 is 2.07 bits per heavy atom. The van der Waals surface area contributed by atoms with Gasteiger partial charge in [0.05, 0.1) is 11.9 Å². The summed E-state index contributed by atoms with van der Waals surface area (Å²) in [6, 6.07) is 7.12. The lowest BCUT2D eigenvalue weighted by molar-refractivity contribution is 0.299. The largest absolute Gasteiger partial charge is 0.396 e. The zero-order valence-corrected chi connectivity index (χ0v) is 9.66. The molecule has 0 atom stereocenters. The number of nitrogens with zero attached hydrogens (tertiary/aromatic N) is 1. The van der Waals surface area contributed by atoms with E-state index < -0.39 is 10.0 Å². The molecule has 0 aliphatic rings. The van der Waals surface area contributed by atoms with Crippen molar-refractivity contribution in [2.45, 2.75) is 6.42 Å². The van der Waals surface area contributed by atoms with Gasteiger partial charge in [-0.25, -0.2) is 8.42 Å². The summed E-state index contributed by atoms with van der Waals surface area (Å²) in [5, 5.41) is 8.78. The molecular formula is C10H15NO3S. The molecule has 0 heterocycles. The Kier molecular flexibility index (Phi) is 3.71. The molecule has 0 saturated heterocycles. The molecule has 0 fully saturated rings. The molecule has 5 heteroatoms. The fourth-order valence-corrected chi connectivity index (χ4v) is 1.72. The molecule has 0 unspecified atom stereocenters. The first kappa shape index (κ1) is 12.0. The van der Waals surface area contributed by atoms with E-state index >= 15 is 0 Å². The SMILES string of the molecule is CN(c1cccc(CCO)c1)S(C)(=O)=O. The van der Waals surface area contributed by atoms with E-state index in [2.05, 4.69) is 0 Å². The van der Waals surface area contributed by atoms with Crippen LogP contribution >= 0.6 is 0 Å². The van der Waals surface area contributed by atoms with Crippen LogP contribution in [0.4, 0.5) is 5.69 Å². The average Bonchev–Trinajstić information content (AvgIpc) is 2.16. The van der Waals surface area contributed by atoms with E-state index in [1.807, 2.05) is 6.07 Å². The number of hydrogen-bond acceptors (Lipinski definition) is 3. The van der Waals surface area contributed by atoms with Crippen LogP contribution in [0.2, 0.25) is 0 Å². The first-order valence-corrected chi connectivity index (χ1v) is 6.43. The van der Waals surface area contributed by atoms with Crippen molar-refractivity contribution in [3.63, 3.8) is 0 Å². The van der Waals surface area contributed by atoms with Crippen molar-refractivity contribution in [3.05, 3.63) is 29.8 Å². The molecule has 0 radical (unpaired) electrons. The molecule has 1 aromatic rings. The molecule has 0 spiro atoms. The van der Waals surface area contributed by atoms with Crippen molar-refractivity contribution in [1.29, 1.82) is 0 Å². The summed E-state index contributed by atoms with van der Waals surface area (Å²) in [5.74, 6) is 0. The standard InChI is InChI=1S/C10H15NO3S/c1-11(15(2,13)14)10-5-3-4-9(8-10)6-7-12/h3-5,8,12H,6-7H2,1-2H3. The van der Waals surface area contributed by atoms with E-state index in [0.717, 1.165) is 11.8 Å². The molecule has 0 saturated carbocycles. The summed E-state index contributed by atoms with van der Waals surface area (Å²) in [7, 11) is -1.71. The van der Waals surface area contributed by atoms with Gasteiger partial charge in [-0.05, 0) is 24.1 Å². The van der Waals surface area contributed by atoms with E-state index in [4.69, 9.17) is 5.11 Å². The number of hydrogen-bond donors (Lipinski definition) is 1. The zero-order valence-electron chi connectivity index (χ0n) is 8.84. The smallest absolute Gasteiger partial charge is 0.231 e. The van der Waals surface area contributed by atoms with Gasteiger partial charge in [-0.15, -0.1) is 0 Å². The fourth-order valence-electron chi connectivity index (χ4n) is 1.23. The van der Waals surface area contributed by atoms with Gasteiger partial charge in [-0.1, -0.05) is 12.1 Å². The van der Waals surface area contributed by atoms with Crippen LogP contribution in [0.3, 0.4) is 0 Å². The van der Waals surface area contributed by atoms with Crippen molar-refractivity contribution < 1.29 is 13.5 Å². The Hall–Kier alpha value is -1.07. The molecule has 84 valence electrons. The third-order valence-corrected chi connectivity index (χ3v) is 3.38. The third kappa shape index (κ3) is 3.21. The van der Waals surface area contributed by atoms with Gasteiger partial charge in [0, 0.05) is 13.7 Å². The molecule has 1 aromatic carbocycles. The second kappa shape index (κ2) is 4.63. The zero-order chi connectivity index (χ0) is 11.5. The van der Waals surface area contributed by atoms with Crippen LogP contribution in [0.1, 0.15) is 5.56 Å². The molecular weight excluding hydrogens is 214 g/mol. The fraction of sp³-hybridized carbons (Fsp3) is 0.400. The summed E-state index contributed by atoms with van der Waals surface area (Å²) >= 11 is 0. The second-order valence-corrected chi connectivity index (χ2v) is 5.39. The van der Waals surface area contributed by atoms with Crippen molar-refractivity contribution in [1.82, 2.24) is 0 Å². The van der Waals surface area contributed by atoms with E-state index in [0.29, 0.717) is 12.1 Å². The minimum absolute atomic E-state index is 0.0616. The molecule has 0 bridgehead atoms. The number of anilines is 1. The monoisotopic (exact) mass is 229 g/mol. The third-order valence-electron chi connectivity index (χ3n) is 2.17. The molecule has 0 aliphatic heterocycles. The van der Waals surface area contributed by atoms with E-state index in [1.54, 1.807) is 18.2 Å². The maximum Gasteiger partial charge on any atom is 0.231 e. The normalized spacial score (nSPS) is 11.4. The second-order valence-electron chi connectivity index (χ2n) is 3.37. The Balaban J connectivity index is 3.00. The van der Waals surface area contributed by atoms with Gasteiger partial charge in [0.25, 0.3) is 0 Å². The van der Waals surface area contributed by atoms with Gasteiger partial charge < -0.3 is 5.11 Å². The molecule has 0 aliphatic carbocycles. The highest BCUT2D eigenvalue weighted by Crippen LogP contribution is 2.17. The van der Waals surface area contributed by atoms with Crippen LogP contribution in [-0.4, -0.2) is 33.4 Å². The van der Waals surface area contributed by atoms with Crippen LogP contribution in [0.15, 0.2) is 24.3 Å². The molecule has 1 N–H and O–H groups in total. The predicted octanol–water partition coefficient (Wildman–Crippen LogP) is 0.617. The van der Waals surface area contributed by atoms with Crippen molar-refractivity contribution in [2.24, 2.45) is 0 Å². The molecule has 1 rings (SSSR count). The number of rotatable bonds is 4. The topological polar surface area (TPSA) is 57.6 Å². The molecule has 0 aromatic heterocycles. The summed E-state index contributed by atoms with van der Waals surface area (Å²) in [4.78, 5) is 0. The van der Waals surface area contributed by atoms with Gasteiger partial charge in [0.2, 0.25) is 10.0 Å². The van der Waals surface area contributed by atoms with Crippen LogP contribution in [-0.2, 0) is 16.4 Å². The highest BCUT2D eigenvalue weighted by molar-refractivity contribution is 7.92. The first-order chi connectivity index (χ1) is 6.95. The molecule has 15 heavy (non-hydrogen) atoms. The maximum atomic E-state index is 11.3. The number of benzene rings is 1. The van der Waals surface area contributed by atoms with Crippen molar-refractivity contribution in [3.8, 4) is 0 Å². The van der Waals surface area contributed by atoms with E-state index in [1.165, 1.54) is 11.4 Å². The highest BCUT2D eigenvalue weighted by Gasteiger charge is 2.11. The lowest BCUT2D eigenvalue weighted by Crippen LogP contribution is -2.24. The Labute approximate surface area is 90.2 Å². The van der Waals surface area contributed by atoms with E-state index in [9.17, 15) is 8.42 Å². The summed E-state index contributed by atoms with van der Waals surface area (Å²) in [6.45, 7) is 0.0616. The van der Waals surface area contributed by atoms with Crippen molar-refractivity contribution >= 4 is 15.7 Å². The van der Waals surface area contributed by atoms with Gasteiger partial charge in [0.1, 0.15) is 0 Å². The van der Waals surface area contributed by atoms with Crippen LogP contribution in [0.5, 0.6) is 0 Å². The van der Waals surface area contributed by atoms with Gasteiger partial charge in [0.15, 0.2) is 0 Å². The van der Waals surface area contributed by atoms with E-state index in [-0.39, 0.29) is 6.61 Å². The Morgan fingerprint density at radius 1 is 1.40 bits per heavy atom. The molecule has 4 nitrogen and oxygen atoms in total. The number of aliphatic hydroxyl groups excluding tert-OH is 1. The van der Waals surface area contributed by atoms with Gasteiger partial charge in [-0.3, -0.25) is 4.31 Å². The average molecular weight is 229 g/mol. The van der Waals surface area contributed by atoms with Gasteiger partial charge in [-0.2, -0.15) is 0 Å². The number of sulfonamides is 1. The first-order valence-electron chi connectivity index (χ1n) is 4.59. The Bertz CT molecular complexity index is 428. The summed E-state index contributed by atoms with van der Waals surface area (Å²) in [5.41, 5.74) is 1.54. The Morgan fingerprint density at radius 3 is 2.60 bits per heavy atom. The summed E-state index contributed by atoms with van der Waals surface area (Å²) in [6.07, 6.45) is 1.69.